The second kappa shape index (κ2) is 5.72. The molecule has 4 nitrogen and oxygen atoms in total. The van der Waals surface area contributed by atoms with Crippen molar-refractivity contribution in [3.8, 4) is 0 Å². The fourth-order valence-electron chi connectivity index (χ4n) is 0.808. The van der Waals surface area contributed by atoms with Gasteiger partial charge in [-0.2, -0.15) is 0 Å². The molecule has 76 valence electrons. The molecule has 14 heavy (non-hydrogen) atoms. The van der Waals surface area contributed by atoms with E-state index >= 15 is 0 Å². The average molecular weight is 232 g/mol. The third-order valence-corrected chi connectivity index (χ3v) is 2.44. The highest BCUT2D eigenvalue weighted by Crippen LogP contribution is 2.14. The van der Waals surface area contributed by atoms with Crippen molar-refractivity contribution in [2.45, 2.75) is 13.3 Å². The van der Waals surface area contributed by atoms with Gasteiger partial charge in [0.1, 0.15) is 0 Å². The highest BCUT2D eigenvalue weighted by Gasteiger charge is 2.10. The van der Waals surface area contributed by atoms with Crippen molar-refractivity contribution in [2.24, 2.45) is 0 Å². The van der Waals surface area contributed by atoms with Crippen LogP contribution in [0.3, 0.4) is 0 Å². The van der Waals surface area contributed by atoms with Gasteiger partial charge >= 0.3 is 0 Å². The van der Waals surface area contributed by atoms with Crippen molar-refractivity contribution < 1.29 is 4.79 Å². The van der Waals surface area contributed by atoms with E-state index in [1.807, 2.05) is 19.1 Å². The van der Waals surface area contributed by atoms with Crippen LogP contribution in [-0.2, 0) is 0 Å². The van der Waals surface area contributed by atoms with Crippen LogP contribution in [0.1, 0.15) is 23.1 Å². The third kappa shape index (κ3) is 3.43. The molecular formula is C8H10ClN3OS. The Hall–Kier alpha value is -0.940. The molecule has 0 spiro atoms. The van der Waals surface area contributed by atoms with Crippen molar-refractivity contribution in [1.29, 1.82) is 0 Å². The van der Waals surface area contributed by atoms with Crippen molar-refractivity contribution in [2.75, 3.05) is 6.54 Å². The Morgan fingerprint density at radius 3 is 3.00 bits per heavy atom. The number of allylic oxidation sites excluding steroid dienone is 1. The Bertz CT molecular complexity index is 337. The van der Waals surface area contributed by atoms with Crippen molar-refractivity contribution in [3.63, 3.8) is 0 Å². The van der Waals surface area contributed by atoms with Gasteiger partial charge in [0, 0.05) is 6.54 Å². The van der Waals surface area contributed by atoms with Gasteiger partial charge in [-0.3, -0.25) is 4.79 Å². The van der Waals surface area contributed by atoms with Gasteiger partial charge in [0.15, 0.2) is 0 Å². The number of amides is 1. The molecule has 1 amide bonds. The van der Waals surface area contributed by atoms with E-state index in [4.69, 9.17) is 11.6 Å². The average Bonchev–Trinajstić information content (AvgIpc) is 2.59. The molecule has 1 aromatic rings. The van der Waals surface area contributed by atoms with Crippen molar-refractivity contribution >= 4 is 28.8 Å². The number of hydrogen-bond acceptors (Lipinski definition) is 4. The summed E-state index contributed by atoms with van der Waals surface area (Å²) in [6.07, 6.45) is 4.73. The topological polar surface area (TPSA) is 54.9 Å². The molecule has 0 saturated carbocycles. The molecule has 1 aromatic heterocycles. The number of carbonyl (C=O) groups is 1. The smallest absolute Gasteiger partial charge is 0.282 e. The van der Waals surface area contributed by atoms with Crippen LogP contribution in [0.2, 0.25) is 4.47 Å². The zero-order chi connectivity index (χ0) is 10.4. The lowest BCUT2D eigenvalue weighted by Crippen LogP contribution is -2.23. The monoisotopic (exact) mass is 231 g/mol. The third-order valence-electron chi connectivity index (χ3n) is 1.43. The molecule has 1 heterocycles. The fraction of sp³-hybridized carbons (Fsp3) is 0.375. The Labute approximate surface area is 91.0 Å². The zero-order valence-electron chi connectivity index (χ0n) is 7.66. The predicted molar refractivity (Wildman–Crippen MR) is 56.7 cm³/mol. The molecule has 0 unspecified atom stereocenters. The quantitative estimate of drug-likeness (QED) is 0.636. The summed E-state index contributed by atoms with van der Waals surface area (Å²) in [4.78, 5) is 11.3. The molecule has 0 saturated heterocycles. The normalized spacial score (nSPS) is 10.7. The Kier molecular flexibility index (Phi) is 4.55. The van der Waals surface area contributed by atoms with E-state index in [2.05, 4.69) is 15.5 Å². The summed E-state index contributed by atoms with van der Waals surface area (Å²) in [5.74, 6) is -0.223. The maximum atomic E-state index is 11.3. The Morgan fingerprint density at radius 2 is 2.43 bits per heavy atom. The first kappa shape index (κ1) is 11.1. The van der Waals surface area contributed by atoms with Gasteiger partial charge in [0.2, 0.25) is 9.47 Å². The van der Waals surface area contributed by atoms with Gasteiger partial charge in [-0.1, -0.05) is 23.5 Å². The lowest BCUT2D eigenvalue weighted by Gasteiger charge is -1.98. The first-order valence-electron chi connectivity index (χ1n) is 4.12. The molecule has 0 atom stereocenters. The van der Waals surface area contributed by atoms with Gasteiger partial charge in [0.25, 0.3) is 5.91 Å². The van der Waals surface area contributed by atoms with E-state index in [1.54, 1.807) is 0 Å². The highest BCUT2D eigenvalue weighted by atomic mass is 35.5. The van der Waals surface area contributed by atoms with Gasteiger partial charge < -0.3 is 5.32 Å². The standard InChI is InChI=1S/C8H10ClN3OS/c1-2-3-4-5-10-6(13)7-11-12-8(9)14-7/h2-3H,4-5H2,1H3,(H,10,13)/b3-2+. The predicted octanol–water partition coefficient (Wildman–Crippen LogP) is 1.89. The molecule has 0 aromatic carbocycles. The molecule has 6 heteroatoms. The lowest BCUT2D eigenvalue weighted by atomic mass is 10.4. The van der Waals surface area contributed by atoms with E-state index in [0.29, 0.717) is 11.6 Å². The molecule has 0 aliphatic rings. The summed E-state index contributed by atoms with van der Waals surface area (Å²) >= 11 is 6.61. The largest absolute Gasteiger partial charge is 0.350 e. The maximum absolute atomic E-state index is 11.3. The van der Waals surface area contributed by atoms with Crippen LogP contribution in [0.4, 0.5) is 0 Å². The van der Waals surface area contributed by atoms with Gasteiger partial charge in [0.05, 0.1) is 0 Å². The van der Waals surface area contributed by atoms with Crippen LogP contribution < -0.4 is 5.32 Å². The molecular weight excluding hydrogens is 222 g/mol. The summed E-state index contributed by atoms with van der Waals surface area (Å²) in [5, 5.41) is 10.2. The van der Waals surface area contributed by atoms with Crippen LogP contribution in [0.25, 0.3) is 0 Å². The van der Waals surface area contributed by atoms with Gasteiger partial charge in [-0.15, -0.1) is 10.2 Å². The minimum absolute atomic E-state index is 0.223. The number of nitrogens with one attached hydrogen (secondary N) is 1. The second-order valence-corrected chi connectivity index (χ2v) is 4.03. The first-order valence-corrected chi connectivity index (χ1v) is 5.32. The second-order valence-electron chi connectivity index (χ2n) is 2.47. The highest BCUT2D eigenvalue weighted by molar-refractivity contribution is 7.17. The van der Waals surface area contributed by atoms with Crippen LogP contribution in [0.5, 0.6) is 0 Å². The fourth-order valence-corrected chi connectivity index (χ4v) is 1.55. The SMILES string of the molecule is C/C=C/CCNC(=O)c1nnc(Cl)s1. The minimum atomic E-state index is -0.223. The minimum Gasteiger partial charge on any atom is -0.350 e. The zero-order valence-corrected chi connectivity index (χ0v) is 9.23. The first-order chi connectivity index (χ1) is 6.74. The Balaban J connectivity index is 2.35. The van der Waals surface area contributed by atoms with E-state index in [1.165, 1.54) is 0 Å². The number of nitrogens with zero attached hydrogens (tertiary/aromatic N) is 2. The molecule has 0 bridgehead atoms. The Morgan fingerprint density at radius 1 is 1.64 bits per heavy atom. The summed E-state index contributed by atoms with van der Waals surface area (Å²) in [7, 11) is 0. The summed E-state index contributed by atoms with van der Waals surface area (Å²) in [5.41, 5.74) is 0. The number of carbonyl (C=O) groups excluding carboxylic acids is 1. The van der Waals surface area contributed by atoms with Crippen LogP contribution in [0, 0.1) is 0 Å². The number of hydrogen-bond donors (Lipinski definition) is 1. The van der Waals surface area contributed by atoms with Crippen LogP contribution in [0.15, 0.2) is 12.2 Å². The van der Waals surface area contributed by atoms with Gasteiger partial charge in [-0.25, -0.2) is 0 Å². The molecule has 0 radical (unpaired) electrons. The molecule has 0 aliphatic carbocycles. The molecule has 0 aliphatic heterocycles. The lowest BCUT2D eigenvalue weighted by molar-refractivity contribution is 0.0953. The van der Waals surface area contributed by atoms with E-state index in [0.717, 1.165) is 17.8 Å². The van der Waals surface area contributed by atoms with E-state index in [9.17, 15) is 4.79 Å². The van der Waals surface area contributed by atoms with Gasteiger partial charge in [-0.05, 0) is 24.9 Å². The maximum Gasteiger partial charge on any atom is 0.282 e. The van der Waals surface area contributed by atoms with E-state index < -0.39 is 0 Å². The van der Waals surface area contributed by atoms with Crippen molar-refractivity contribution in [1.82, 2.24) is 15.5 Å². The number of halogens is 1. The van der Waals surface area contributed by atoms with Crippen molar-refractivity contribution in [3.05, 3.63) is 21.6 Å². The molecule has 1 rings (SSSR count). The molecule has 0 fully saturated rings. The van der Waals surface area contributed by atoms with Crippen LogP contribution >= 0.6 is 22.9 Å². The number of aromatic nitrogens is 2. The summed E-state index contributed by atoms with van der Waals surface area (Å²) in [6.45, 7) is 2.53. The summed E-state index contributed by atoms with van der Waals surface area (Å²) in [6, 6.07) is 0. The molecule has 1 N–H and O–H groups in total. The number of rotatable bonds is 4. The summed E-state index contributed by atoms with van der Waals surface area (Å²) < 4.78 is 0.281. The van der Waals surface area contributed by atoms with Crippen LogP contribution in [-0.4, -0.2) is 22.6 Å². The van der Waals surface area contributed by atoms with E-state index in [-0.39, 0.29) is 10.4 Å².